The van der Waals surface area contributed by atoms with Crippen molar-refractivity contribution >= 4 is 11.9 Å². The first-order valence-corrected chi connectivity index (χ1v) is 8.11. The van der Waals surface area contributed by atoms with Crippen LogP contribution in [0.1, 0.15) is 44.2 Å². The molecule has 4 rings (SSSR count). The van der Waals surface area contributed by atoms with Gasteiger partial charge in [0.25, 0.3) is 0 Å². The van der Waals surface area contributed by atoms with Crippen LogP contribution < -0.4 is 5.32 Å². The molecule has 3 saturated carbocycles. The number of nitrogens with one attached hydrogen (secondary N) is 1. The highest BCUT2D eigenvalue weighted by atomic mass is 19.3. The number of hydrogen-bond donors (Lipinski definition) is 2. The van der Waals surface area contributed by atoms with Gasteiger partial charge in [0.1, 0.15) is 5.69 Å². The lowest BCUT2D eigenvalue weighted by Crippen LogP contribution is -2.53. The molecule has 0 aromatic carbocycles. The van der Waals surface area contributed by atoms with Gasteiger partial charge in [-0.15, -0.1) is 0 Å². The van der Waals surface area contributed by atoms with Crippen LogP contribution in [0.5, 0.6) is 0 Å². The van der Waals surface area contributed by atoms with Gasteiger partial charge in [-0.2, -0.15) is 8.78 Å². The maximum Gasteiger partial charge on any atom is 0.309 e. The van der Waals surface area contributed by atoms with Crippen LogP contribution in [0, 0.1) is 10.8 Å². The molecule has 1 heterocycles. The summed E-state index contributed by atoms with van der Waals surface area (Å²) in [7, 11) is 0. The molecule has 1 aromatic heterocycles. The monoisotopic (exact) mass is 338 g/mol. The van der Waals surface area contributed by atoms with Crippen molar-refractivity contribution in [3.8, 4) is 0 Å². The highest BCUT2D eigenvalue weighted by Gasteiger charge is 2.55. The molecule has 24 heavy (non-hydrogen) atoms. The van der Waals surface area contributed by atoms with Crippen molar-refractivity contribution in [3.05, 3.63) is 30.1 Å². The third-order valence-electron chi connectivity index (χ3n) is 5.69. The highest BCUT2D eigenvalue weighted by molar-refractivity contribution is 5.84. The number of fused-ring (bicyclic) bond motifs is 3. The van der Waals surface area contributed by atoms with E-state index in [-0.39, 0.29) is 5.69 Å². The number of halogens is 2. The number of carbonyl (C=O) groups is 2. The van der Waals surface area contributed by atoms with Gasteiger partial charge in [-0.05, 0) is 50.7 Å². The smallest absolute Gasteiger partial charge is 0.309 e. The van der Waals surface area contributed by atoms with E-state index in [4.69, 9.17) is 0 Å². The molecule has 0 aliphatic heterocycles. The van der Waals surface area contributed by atoms with Crippen molar-refractivity contribution in [2.75, 3.05) is 6.54 Å². The predicted octanol–water partition coefficient (Wildman–Crippen LogP) is 2.71. The molecule has 130 valence electrons. The average molecular weight is 338 g/mol. The van der Waals surface area contributed by atoms with Gasteiger partial charge in [-0.25, -0.2) is 0 Å². The first-order valence-electron chi connectivity index (χ1n) is 8.11. The lowest BCUT2D eigenvalue weighted by atomic mass is 9.53. The van der Waals surface area contributed by atoms with E-state index in [2.05, 4.69) is 10.3 Å². The van der Waals surface area contributed by atoms with Crippen LogP contribution in [0.25, 0.3) is 0 Å². The Morgan fingerprint density at radius 3 is 2.21 bits per heavy atom. The second-order valence-corrected chi connectivity index (χ2v) is 6.97. The predicted molar refractivity (Wildman–Crippen MR) is 81.3 cm³/mol. The molecular weight excluding hydrogens is 318 g/mol. The van der Waals surface area contributed by atoms with E-state index in [9.17, 15) is 23.5 Å². The molecule has 2 N–H and O–H groups in total. The van der Waals surface area contributed by atoms with Crippen molar-refractivity contribution in [2.45, 2.75) is 44.4 Å². The van der Waals surface area contributed by atoms with E-state index in [1.54, 1.807) is 6.07 Å². The fourth-order valence-corrected chi connectivity index (χ4v) is 3.90. The van der Waals surface area contributed by atoms with Gasteiger partial charge in [-0.3, -0.25) is 14.6 Å². The molecule has 5 nitrogen and oxygen atoms in total. The topological polar surface area (TPSA) is 79.3 Å². The summed E-state index contributed by atoms with van der Waals surface area (Å²) in [5.74, 6) is -4.43. The Morgan fingerprint density at radius 1 is 1.12 bits per heavy atom. The van der Waals surface area contributed by atoms with E-state index >= 15 is 0 Å². The van der Waals surface area contributed by atoms with Gasteiger partial charge in [0, 0.05) is 11.6 Å². The summed E-state index contributed by atoms with van der Waals surface area (Å²) in [5.41, 5.74) is -1.79. The Balaban J connectivity index is 1.63. The molecular formula is C17H20F2N2O3. The number of pyridine rings is 1. The Kier molecular flexibility index (Phi) is 4.05. The lowest BCUT2D eigenvalue weighted by Gasteiger charge is -2.50. The second kappa shape index (κ2) is 5.79. The number of nitrogens with zero attached hydrogens (tertiary/aromatic N) is 1. The molecule has 0 saturated heterocycles. The molecule has 0 unspecified atom stereocenters. The largest absolute Gasteiger partial charge is 0.481 e. The number of aromatic nitrogens is 1. The van der Waals surface area contributed by atoms with Gasteiger partial charge >= 0.3 is 11.9 Å². The number of rotatable bonds is 5. The quantitative estimate of drug-likeness (QED) is 0.865. The third-order valence-corrected chi connectivity index (χ3v) is 5.69. The van der Waals surface area contributed by atoms with Crippen LogP contribution in [0.2, 0.25) is 0 Å². The minimum Gasteiger partial charge on any atom is -0.481 e. The number of hydrogen-bond acceptors (Lipinski definition) is 3. The zero-order valence-electron chi connectivity index (χ0n) is 13.2. The molecule has 2 bridgehead atoms. The number of carboxylic acids is 1. The normalized spacial score (nSPS) is 29.2. The summed E-state index contributed by atoms with van der Waals surface area (Å²) in [5, 5.41) is 11.7. The average Bonchev–Trinajstić information content (AvgIpc) is 2.62. The number of carbonyl (C=O) groups excluding carboxylic acids is 1. The van der Waals surface area contributed by atoms with E-state index in [1.807, 2.05) is 0 Å². The Labute approximate surface area is 138 Å². The zero-order valence-corrected chi connectivity index (χ0v) is 13.2. The summed E-state index contributed by atoms with van der Waals surface area (Å²) in [6.45, 7) is -0.797. The van der Waals surface area contributed by atoms with Crippen molar-refractivity contribution in [1.29, 1.82) is 0 Å². The molecule has 0 atom stereocenters. The van der Waals surface area contributed by atoms with Crippen molar-refractivity contribution < 1.29 is 23.5 Å². The van der Waals surface area contributed by atoms with E-state index in [0.717, 1.165) is 0 Å². The number of aliphatic carboxylic acids is 1. The van der Waals surface area contributed by atoms with Gasteiger partial charge in [0.2, 0.25) is 5.91 Å². The fraction of sp³-hybridized carbons (Fsp3) is 0.588. The number of carboxylic acid groups (broad SMARTS) is 1. The fourth-order valence-electron chi connectivity index (χ4n) is 3.90. The second-order valence-electron chi connectivity index (χ2n) is 6.97. The SMILES string of the molecule is O=C(O)C12CCC(C(=O)NCC(F)(F)c3ccccn3)(CC1)CC2. The van der Waals surface area contributed by atoms with Crippen LogP contribution in [0.3, 0.4) is 0 Å². The molecule has 3 aliphatic carbocycles. The van der Waals surface area contributed by atoms with Gasteiger partial charge in [0.15, 0.2) is 0 Å². The van der Waals surface area contributed by atoms with Crippen LogP contribution in [0.15, 0.2) is 24.4 Å². The van der Waals surface area contributed by atoms with Gasteiger partial charge in [-0.1, -0.05) is 6.07 Å². The molecule has 1 amide bonds. The van der Waals surface area contributed by atoms with Crippen molar-refractivity contribution in [2.24, 2.45) is 10.8 Å². The summed E-state index contributed by atoms with van der Waals surface area (Å²) in [6, 6.07) is 4.26. The maximum absolute atomic E-state index is 14.1. The maximum atomic E-state index is 14.1. The van der Waals surface area contributed by atoms with E-state index in [0.29, 0.717) is 38.5 Å². The minimum absolute atomic E-state index is 0.375. The Bertz CT molecular complexity index is 624. The molecule has 0 radical (unpaired) electrons. The summed E-state index contributed by atoms with van der Waals surface area (Å²) in [4.78, 5) is 27.6. The van der Waals surface area contributed by atoms with E-state index < -0.39 is 35.2 Å². The molecule has 3 aliphatic rings. The standard InChI is InChI=1S/C17H20F2N2O3/c18-17(19,12-3-1-2-10-20-12)11-21-13(22)15-4-7-16(8-5-15,9-6-15)14(23)24/h1-3,10H,4-9,11H2,(H,21,22)(H,23,24). The number of amides is 1. The van der Waals surface area contributed by atoms with Crippen LogP contribution in [-0.4, -0.2) is 28.5 Å². The van der Waals surface area contributed by atoms with Crippen molar-refractivity contribution in [3.63, 3.8) is 0 Å². The van der Waals surface area contributed by atoms with Crippen LogP contribution >= 0.6 is 0 Å². The number of alkyl halides is 2. The Hall–Kier alpha value is -2.05. The van der Waals surface area contributed by atoms with Gasteiger partial charge < -0.3 is 10.4 Å². The summed E-state index contributed by atoms with van der Waals surface area (Å²) >= 11 is 0. The summed E-state index contributed by atoms with van der Waals surface area (Å²) < 4.78 is 28.3. The lowest BCUT2D eigenvalue weighted by molar-refractivity contribution is -0.163. The first kappa shape index (κ1) is 16.8. The molecule has 0 spiro atoms. The van der Waals surface area contributed by atoms with Crippen molar-refractivity contribution in [1.82, 2.24) is 10.3 Å². The molecule has 7 heteroatoms. The van der Waals surface area contributed by atoms with Crippen LogP contribution in [-0.2, 0) is 15.5 Å². The van der Waals surface area contributed by atoms with Crippen LogP contribution in [0.4, 0.5) is 8.78 Å². The highest BCUT2D eigenvalue weighted by Crippen LogP contribution is 2.57. The zero-order chi connectivity index (χ0) is 17.4. The summed E-state index contributed by atoms with van der Waals surface area (Å²) in [6.07, 6.45) is 3.93. The minimum atomic E-state index is -3.23. The first-order chi connectivity index (χ1) is 11.3. The molecule has 3 fully saturated rings. The Morgan fingerprint density at radius 2 is 1.71 bits per heavy atom. The van der Waals surface area contributed by atoms with E-state index in [1.165, 1.54) is 18.3 Å². The third kappa shape index (κ3) is 2.76. The molecule has 1 aromatic rings. The van der Waals surface area contributed by atoms with Gasteiger partial charge in [0.05, 0.1) is 12.0 Å².